The molecule has 0 aromatic heterocycles. The van der Waals surface area contributed by atoms with Crippen molar-refractivity contribution >= 4 is 34.8 Å². The van der Waals surface area contributed by atoms with Gasteiger partial charge in [0, 0.05) is 13.8 Å². The molecule has 0 N–H and O–H groups in total. The first-order valence-corrected chi connectivity index (χ1v) is 6.45. The minimum absolute atomic E-state index is 0.140. The van der Waals surface area contributed by atoms with E-state index in [-0.39, 0.29) is 12.4 Å². The first-order valence-electron chi connectivity index (χ1n) is 6.08. The number of hydrogen-bond donors (Lipinski definition) is 0. The van der Waals surface area contributed by atoms with E-state index in [2.05, 4.69) is 0 Å². The highest BCUT2D eigenvalue weighted by Gasteiger charge is 2.48. The summed E-state index contributed by atoms with van der Waals surface area (Å²) in [6.07, 6.45) is -3.47. The number of carbonyl (C=O) groups excluding carboxylic acids is 4. The van der Waals surface area contributed by atoms with Gasteiger partial charge in [-0.2, -0.15) is 0 Å². The van der Waals surface area contributed by atoms with Crippen LogP contribution in [0.4, 0.5) is 0 Å². The first kappa shape index (κ1) is 16.4. The van der Waals surface area contributed by atoms with E-state index in [1.165, 1.54) is 0 Å². The number of carbonyl (C=O) groups is 4. The maximum Gasteiger partial charge on any atom is 0.378 e. The maximum absolute atomic E-state index is 11.7. The van der Waals surface area contributed by atoms with Gasteiger partial charge in [-0.05, 0) is 11.6 Å². The third-order valence-corrected chi connectivity index (χ3v) is 2.81. The van der Waals surface area contributed by atoms with Gasteiger partial charge in [0.2, 0.25) is 12.0 Å². The normalized spacial score (nSPS) is 27.6. The Morgan fingerprint density at radius 2 is 1.82 bits per heavy atom. The zero-order valence-electron chi connectivity index (χ0n) is 11.5. The fourth-order valence-corrected chi connectivity index (χ4v) is 2.00. The van der Waals surface area contributed by atoms with Crippen LogP contribution in [0.3, 0.4) is 0 Å². The second-order valence-corrected chi connectivity index (χ2v) is 4.72. The molecule has 0 aliphatic carbocycles. The zero-order valence-corrected chi connectivity index (χ0v) is 12.2. The third kappa shape index (κ3) is 3.43. The molecule has 0 amide bonds. The number of halogens is 1. The molecule has 0 saturated carbocycles. The Labute approximate surface area is 129 Å². The summed E-state index contributed by atoms with van der Waals surface area (Å²) in [5.74, 6) is -3.41. The molecule has 9 nitrogen and oxygen atoms in total. The van der Waals surface area contributed by atoms with E-state index in [1.54, 1.807) is 0 Å². The molecule has 2 unspecified atom stereocenters. The molecule has 0 aromatic carbocycles. The van der Waals surface area contributed by atoms with Gasteiger partial charge in [-0.25, -0.2) is 4.79 Å². The molecular weight excluding hydrogens is 324 g/mol. The maximum atomic E-state index is 11.7. The van der Waals surface area contributed by atoms with Crippen molar-refractivity contribution in [1.82, 2.24) is 0 Å². The van der Waals surface area contributed by atoms with Crippen molar-refractivity contribution in [2.75, 3.05) is 6.61 Å². The van der Waals surface area contributed by atoms with Crippen molar-refractivity contribution in [3.63, 3.8) is 0 Å². The molecule has 2 heterocycles. The summed E-state index contributed by atoms with van der Waals surface area (Å²) in [5.41, 5.74) is 0. The molecule has 2 aliphatic rings. The van der Waals surface area contributed by atoms with E-state index in [0.29, 0.717) is 0 Å². The molecule has 3 atom stereocenters. The van der Waals surface area contributed by atoms with E-state index < -0.39 is 47.4 Å². The highest BCUT2D eigenvalue weighted by atomic mass is 35.5. The topological polar surface area (TPSA) is 114 Å². The second-order valence-electron chi connectivity index (χ2n) is 4.35. The molecule has 0 spiro atoms. The van der Waals surface area contributed by atoms with Crippen LogP contribution in [0.15, 0.2) is 11.5 Å². The largest absolute Gasteiger partial charge is 0.445 e. The Kier molecular flexibility index (Phi) is 4.79. The molecule has 0 aromatic rings. The summed E-state index contributed by atoms with van der Waals surface area (Å²) >= 11 is 5.24. The number of hydrogen-bond acceptors (Lipinski definition) is 9. The second kappa shape index (κ2) is 6.42. The van der Waals surface area contributed by atoms with Crippen LogP contribution in [-0.2, 0) is 42.9 Å². The summed E-state index contributed by atoms with van der Waals surface area (Å²) < 4.78 is 24.7. The third-order valence-electron chi connectivity index (χ3n) is 2.63. The molecular formula is C12H11ClO9. The fourth-order valence-electron chi connectivity index (χ4n) is 1.89. The Hall–Kier alpha value is -1.97. The van der Waals surface area contributed by atoms with Crippen LogP contribution in [0.1, 0.15) is 13.8 Å². The lowest BCUT2D eigenvalue weighted by Crippen LogP contribution is -2.33. The van der Waals surface area contributed by atoms with Gasteiger partial charge in [-0.1, -0.05) is 0 Å². The van der Waals surface area contributed by atoms with Crippen LogP contribution in [-0.4, -0.2) is 48.3 Å². The summed E-state index contributed by atoms with van der Waals surface area (Å²) in [5, 5.41) is -0.884. The van der Waals surface area contributed by atoms with Gasteiger partial charge in [0.25, 0.3) is 11.0 Å². The first-order chi connectivity index (χ1) is 10.3. The van der Waals surface area contributed by atoms with Gasteiger partial charge in [0.05, 0.1) is 6.61 Å². The number of esters is 3. The number of ether oxygens (including phenoxy) is 5. The lowest BCUT2D eigenvalue weighted by Gasteiger charge is -2.17. The van der Waals surface area contributed by atoms with Crippen molar-refractivity contribution in [3.05, 3.63) is 11.5 Å². The van der Waals surface area contributed by atoms with E-state index in [9.17, 15) is 19.2 Å². The number of cyclic esters (lactones) is 1. The standard InChI is InChI=1S/C12H11ClO9/c1-4(14)19-8-7(6-3-18-12(21-6)10(13)16)22-11(17)9(8)20-5(2)15/h6-7,12H,3H2,1-2H3/t6?,7-,12?/m1/s1. The molecule has 2 aliphatic heterocycles. The molecule has 10 heteroatoms. The quantitative estimate of drug-likeness (QED) is 0.390. The van der Waals surface area contributed by atoms with Gasteiger partial charge in [0.15, 0.2) is 6.10 Å². The van der Waals surface area contributed by atoms with Gasteiger partial charge in [-0.3, -0.25) is 14.4 Å². The van der Waals surface area contributed by atoms with Crippen molar-refractivity contribution in [2.24, 2.45) is 0 Å². The highest BCUT2D eigenvalue weighted by Crippen LogP contribution is 2.31. The van der Waals surface area contributed by atoms with E-state index in [4.69, 9.17) is 35.3 Å². The SMILES string of the molecule is CC(=O)OC1=C(OC(C)=O)[C@@H](C2COC(C(=O)Cl)O2)OC1=O. The average molecular weight is 335 g/mol. The molecule has 0 radical (unpaired) electrons. The summed E-state index contributed by atoms with van der Waals surface area (Å²) in [6, 6.07) is 0. The summed E-state index contributed by atoms with van der Waals surface area (Å²) in [7, 11) is 0. The molecule has 1 fully saturated rings. The van der Waals surface area contributed by atoms with Crippen molar-refractivity contribution in [1.29, 1.82) is 0 Å². The Bertz CT molecular complexity index is 567. The average Bonchev–Trinajstić information content (AvgIpc) is 2.97. The molecule has 1 saturated heterocycles. The minimum Gasteiger partial charge on any atom is -0.445 e. The van der Waals surface area contributed by atoms with Gasteiger partial charge in [-0.15, -0.1) is 0 Å². The minimum atomic E-state index is -1.32. The predicted molar refractivity (Wildman–Crippen MR) is 65.9 cm³/mol. The predicted octanol–water partition coefficient (Wildman–Crippen LogP) is -0.244. The van der Waals surface area contributed by atoms with Gasteiger partial charge in [0.1, 0.15) is 6.10 Å². The molecule has 0 bridgehead atoms. The van der Waals surface area contributed by atoms with Crippen molar-refractivity contribution < 1.29 is 42.9 Å². The molecule has 120 valence electrons. The molecule has 2 rings (SSSR count). The van der Waals surface area contributed by atoms with E-state index in [0.717, 1.165) is 13.8 Å². The van der Waals surface area contributed by atoms with Crippen molar-refractivity contribution in [3.8, 4) is 0 Å². The Balaban J connectivity index is 2.25. The Morgan fingerprint density at radius 3 is 2.32 bits per heavy atom. The zero-order chi connectivity index (χ0) is 16.4. The van der Waals surface area contributed by atoms with Gasteiger partial charge < -0.3 is 23.7 Å². The fraction of sp³-hybridized carbons (Fsp3) is 0.500. The summed E-state index contributed by atoms with van der Waals surface area (Å²) in [4.78, 5) is 44.9. The monoisotopic (exact) mass is 334 g/mol. The van der Waals surface area contributed by atoms with Crippen LogP contribution in [0.2, 0.25) is 0 Å². The lowest BCUT2D eigenvalue weighted by molar-refractivity contribution is -0.155. The van der Waals surface area contributed by atoms with Crippen LogP contribution in [0.25, 0.3) is 0 Å². The highest BCUT2D eigenvalue weighted by molar-refractivity contribution is 6.64. The van der Waals surface area contributed by atoms with Crippen LogP contribution in [0, 0.1) is 0 Å². The summed E-state index contributed by atoms with van der Waals surface area (Å²) in [6.45, 7) is 2.02. The van der Waals surface area contributed by atoms with Crippen molar-refractivity contribution in [2.45, 2.75) is 32.3 Å². The van der Waals surface area contributed by atoms with Crippen LogP contribution in [0.5, 0.6) is 0 Å². The number of rotatable bonds is 4. The van der Waals surface area contributed by atoms with Crippen LogP contribution >= 0.6 is 11.6 Å². The van der Waals surface area contributed by atoms with E-state index in [1.807, 2.05) is 0 Å². The molecule has 22 heavy (non-hydrogen) atoms. The smallest absolute Gasteiger partial charge is 0.378 e. The Morgan fingerprint density at radius 1 is 1.18 bits per heavy atom. The van der Waals surface area contributed by atoms with E-state index >= 15 is 0 Å². The lowest BCUT2D eigenvalue weighted by atomic mass is 10.2. The van der Waals surface area contributed by atoms with Gasteiger partial charge >= 0.3 is 17.9 Å². The van der Waals surface area contributed by atoms with Crippen LogP contribution < -0.4 is 0 Å².